The molecule has 0 fully saturated rings. The van der Waals surface area contributed by atoms with Crippen molar-refractivity contribution in [3.05, 3.63) is 28.8 Å². The van der Waals surface area contributed by atoms with Gasteiger partial charge in [-0.2, -0.15) is 0 Å². The monoisotopic (exact) mass is 215 g/mol. The summed E-state index contributed by atoms with van der Waals surface area (Å²) in [6.45, 7) is 0. The first-order valence-electron chi connectivity index (χ1n) is 3.96. The lowest BCUT2D eigenvalue weighted by Crippen LogP contribution is -2.32. The molecule has 0 aliphatic rings. The summed E-state index contributed by atoms with van der Waals surface area (Å²) >= 11 is 5.64. The summed E-state index contributed by atoms with van der Waals surface area (Å²) in [7, 11) is 0. The van der Waals surface area contributed by atoms with Crippen molar-refractivity contribution in [1.29, 1.82) is 0 Å². The number of halogens is 1. The lowest BCUT2D eigenvalue weighted by atomic mass is 10.1. The molecule has 1 rings (SSSR count). The van der Waals surface area contributed by atoms with Gasteiger partial charge in [-0.05, 0) is 24.1 Å². The van der Waals surface area contributed by atoms with Gasteiger partial charge >= 0.3 is 5.97 Å². The number of carboxylic acids is 1. The third kappa shape index (κ3) is 2.61. The second-order valence-corrected chi connectivity index (χ2v) is 3.34. The number of carbonyl (C=O) groups is 1. The van der Waals surface area contributed by atoms with E-state index in [2.05, 4.69) is 0 Å². The van der Waals surface area contributed by atoms with Gasteiger partial charge in [0.05, 0.1) is 5.02 Å². The molecule has 0 aromatic heterocycles. The van der Waals surface area contributed by atoms with E-state index < -0.39 is 12.0 Å². The van der Waals surface area contributed by atoms with E-state index in [1.54, 1.807) is 6.07 Å². The molecular weight excluding hydrogens is 206 g/mol. The molecule has 4 nitrogen and oxygen atoms in total. The van der Waals surface area contributed by atoms with Crippen LogP contribution >= 0.6 is 11.6 Å². The number of hydrogen-bond donors (Lipinski definition) is 3. The number of benzene rings is 1. The van der Waals surface area contributed by atoms with Gasteiger partial charge in [0.25, 0.3) is 0 Å². The van der Waals surface area contributed by atoms with E-state index in [1.165, 1.54) is 12.1 Å². The molecule has 0 heterocycles. The fourth-order valence-corrected chi connectivity index (χ4v) is 1.22. The molecule has 0 bridgehead atoms. The smallest absolute Gasteiger partial charge is 0.320 e. The van der Waals surface area contributed by atoms with Gasteiger partial charge in [-0.15, -0.1) is 0 Å². The zero-order chi connectivity index (χ0) is 10.7. The van der Waals surface area contributed by atoms with Crippen LogP contribution in [0.5, 0.6) is 5.75 Å². The number of aromatic hydroxyl groups is 1. The highest BCUT2D eigenvalue weighted by atomic mass is 35.5. The summed E-state index contributed by atoms with van der Waals surface area (Å²) in [6, 6.07) is 3.55. The zero-order valence-corrected chi connectivity index (χ0v) is 8.03. The van der Waals surface area contributed by atoms with Crippen LogP contribution in [0.1, 0.15) is 5.56 Å². The van der Waals surface area contributed by atoms with Crippen LogP contribution in [0.2, 0.25) is 5.02 Å². The number of rotatable bonds is 3. The number of hydrogen-bond acceptors (Lipinski definition) is 3. The largest absolute Gasteiger partial charge is 0.506 e. The van der Waals surface area contributed by atoms with Crippen LogP contribution in [-0.4, -0.2) is 22.2 Å². The first-order chi connectivity index (χ1) is 6.50. The Hall–Kier alpha value is -1.26. The fraction of sp³-hybridized carbons (Fsp3) is 0.222. The standard InChI is InChI=1S/C9H10ClNO3/c10-6-3-5(1-2-8(6)12)4-7(11)9(13)14/h1-3,7,12H,4,11H2,(H,13,14)/t7-/m0/s1. The summed E-state index contributed by atoms with van der Waals surface area (Å²) in [6.07, 6.45) is 0.190. The Balaban J connectivity index is 2.78. The Kier molecular flexibility index (Phi) is 3.33. The topological polar surface area (TPSA) is 83.5 Å². The minimum Gasteiger partial charge on any atom is -0.506 e. The maximum atomic E-state index is 10.4. The van der Waals surface area contributed by atoms with E-state index in [0.29, 0.717) is 5.56 Å². The van der Waals surface area contributed by atoms with Crippen LogP contribution in [0.3, 0.4) is 0 Å². The number of phenols is 1. The van der Waals surface area contributed by atoms with Crippen molar-refractivity contribution in [2.45, 2.75) is 12.5 Å². The van der Waals surface area contributed by atoms with Crippen molar-refractivity contribution in [2.24, 2.45) is 5.73 Å². The highest BCUT2D eigenvalue weighted by Crippen LogP contribution is 2.23. The summed E-state index contributed by atoms with van der Waals surface area (Å²) in [5.74, 6) is -1.09. The minimum atomic E-state index is -1.06. The molecule has 1 atom stereocenters. The number of carboxylic acid groups (broad SMARTS) is 1. The molecule has 0 saturated heterocycles. The molecule has 4 N–H and O–H groups in total. The van der Waals surface area contributed by atoms with Crippen LogP contribution in [0, 0.1) is 0 Å². The highest BCUT2D eigenvalue weighted by molar-refractivity contribution is 6.32. The van der Waals surface area contributed by atoms with Crippen LogP contribution in [-0.2, 0) is 11.2 Å². The highest BCUT2D eigenvalue weighted by Gasteiger charge is 2.12. The molecule has 14 heavy (non-hydrogen) atoms. The summed E-state index contributed by atoms with van der Waals surface area (Å²) < 4.78 is 0. The van der Waals surface area contributed by atoms with E-state index in [4.69, 9.17) is 27.5 Å². The van der Waals surface area contributed by atoms with Crippen molar-refractivity contribution >= 4 is 17.6 Å². The molecule has 0 aliphatic carbocycles. The average molecular weight is 216 g/mol. The van der Waals surface area contributed by atoms with E-state index in [-0.39, 0.29) is 17.2 Å². The molecular formula is C9H10ClNO3. The molecule has 0 aliphatic heterocycles. The summed E-state index contributed by atoms with van der Waals surface area (Å²) in [4.78, 5) is 10.4. The molecule has 0 saturated carbocycles. The fourth-order valence-electron chi connectivity index (χ4n) is 1.02. The molecule has 1 aromatic carbocycles. The second kappa shape index (κ2) is 4.30. The van der Waals surface area contributed by atoms with E-state index in [0.717, 1.165) is 0 Å². The predicted octanol–water partition coefficient (Wildman–Crippen LogP) is 1.00. The van der Waals surface area contributed by atoms with Gasteiger partial charge in [-0.25, -0.2) is 0 Å². The SMILES string of the molecule is N[C@@H](Cc1ccc(O)c(Cl)c1)C(=O)O. The molecule has 5 heteroatoms. The van der Waals surface area contributed by atoms with E-state index in [1.807, 2.05) is 0 Å². The Morgan fingerprint density at radius 3 is 2.71 bits per heavy atom. The third-order valence-electron chi connectivity index (χ3n) is 1.78. The van der Waals surface area contributed by atoms with Crippen LogP contribution in [0.25, 0.3) is 0 Å². The normalized spacial score (nSPS) is 12.4. The molecule has 0 radical (unpaired) electrons. The van der Waals surface area contributed by atoms with E-state index >= 15 is 0 Å². The van der Waals surface area contributed by atoms with Crippen molar-refractivity contribution in [3.63, 3.8) is 0 Å². The van der Waals surface area contributed by atoms with Gasteiger partial charge < -0.3 is 15.9 Å². The Bertz CT molecular complexity index is 354. The maximum Gasteiger partial charge on any atom is 0.320 e. The van der Waals surface area contributed by atoms with Gasteiger partial charge in [-0.3, -0.25) is 4.79 Å². The second-order valence-electron chi connectivity index (χ2n) is 2.93. The molecule has 76 valence electrons. The van der Waals surface area contributed by atoms with Gasteiger partial charge in [-0.1, -0.05) is 17.7 Å². The maximum absolute atomic E-state index is 10.4. The number of nitrogens with two attached hydrogens (primary N) is 1. The van der Waals surface area contributed by atoms with Crippen molar-refractivity contribution in [3.8, 4) is 5.75 Å². The first kappa shape index (κ1) is 10.8. The Morgan fingerprint density at radius 1 is 1.57 bits per heavy atom. The van der Waals surface area contributed by atoms with Crippen molar-refractivity contribution < 1.29 is 15.0 Å². The van der Waals surface area contributed by atoms with Crippen LogP contribution in [0.15, 0.2) is 18.2 Å². The summed E-state index contributed by atoms with van der Waals surface area (Å²) in [5, 5.41) is 17.9. The quantitative estimate of drug-likeness (QED) is 0.703. The molecule has 0 amide bonds. The average Bonchev–Trinajstić information content (AvgIpc) is 2.11. The lowest BCUT2D eigenvalue weighted by molar-refractivity contribution is -0.138. The Labute approximate surface area is 85.9 Å². The minimum absolute atomic E-state index is 0.0284. The van der Waals surface area contributed by atoms with Crippen molar-refractivity contribution in [1.82, 2.24) is 0 Å². The Morgan fingerprint density at radius 2 is 2.21 bits per heavy atom. The molecule has 0 spiro atoms. The van der Waals surface area contributed by atoms with Crippen molar-refractivity contribution in [2.75, 3.05) is 0 Å². The third-order valence-corrected chi connectivity index (χ3v) is 2.09. The van der Waals surface area contributed by atoms with Gasteiger partial charge in [0, 0.05) is 0 Å². The van der Waals surface area contributed by atoms with Crippen LogP contribution in [0.4, 0.5) is 0 Å². The zero-order valence-electron chi connectivity index (χ0n) is 7.27. The van der Waals surface area contributed by atoms with Crippen LogP contribution < -0.4 is 5.73 Å². The van der Waals surface area contributed by atoms with Gasteiger partial charge in [0.15, 0.2) is 0 Å². The summed E-state index contributed by atoms with van der Waals surface area (Å²) in [5.41, 5.74) is 6.01. The van der Waals surface area contributed by atoms with Gasteiger partial charge in [0.1, 0.15) is 11.8 Å². The lowest BCUT2D eigenvalue weighted by Gasteiger charge is -2.06. The number of phenolic OH excluding ortho intramolecular Hbond substituents is 1. The molecule has 1 aromatic rings. The predicted molar refractivity (Wildman–Crippen MR) is 52.4 cm³/mol. The molecule has 0 unspecified atom stereocenters. The first-order valence-corrected chi connectivity index (χ1v) is 4.34. The van der Waals surface area contributed by atoms with E-state index in [9.17, 15) is 4.79 Å². The number of aliphatic carboxylic acids is 1. The van der Waals surface area contributed by atoms with Gasteiger partial charge in [0.2, 0.25) is 0 Å².